The summed E-state index contributed by atoms with van der Waals surface area (Å²) in [7, 11) is 1.86. The highest BCUT2D eigenvalue weighted by Gasteiger charge is 2.31. The molecular weight excluding hydrogens is 504 g/mol. The first kappa shape index (κ1) is 25.6. The van der Waals surface area contributed by atoms with Crippen molar-refractivity contribution in [2.45, 2.75) is 69.6 Å². The number of nitrogens with two attached hydrogens (primary N) is 1. The van der Waals surface area contributed by atoms with Gasteiger partial charge in [0.2, 0.25) is 17.8 Å². The van der Waals surface area contributed by atoms with Crippen LogP contribution in [0.25, 0.3) is 11.2 Å². The Hall–Kier alpha value is -3.05. The molecule has 2 aliphatic rings. The number of benzene rings is 1. The van der Waals surface area contributed by atoms with Gasteiger partial charge in [0.05, 0.1) is 18.3 Å². The number of fused-ring (bicyclic) bond motifs is 1. The van der Waals surface area contributed by atoms with Crippen LogP contribution in [0.15, 0.2) is 18.3 Å². The van der Waals surface area contributed by atoms with Crippen molar-refractivity contribution in [1.29, 1.82) is 0 Å². The van der Waals surface area contributed by atoms with Gasteiger partial charge in [-0.1, -0.05) is 24.4 Å². The van der Waals surface area contributed by atoms with Gasteiger partial charge in [-0.25, -0.2) is 18.7 Å². The molecule has 2 saturated carbocycles. The summed E-state index contributed by atoms with van der Waals surface area (Å²) in [5.74, 6) is -1.59. The van der Waals surface area contributed by atoms with Gasteiger partial charge in [-0.05, 0) is 50.7 Å². The Morgan fingerprint density at radius 3 is 2.46 bits per heavy atom. The van der Waals surface area contributed by atoms with E-state index in [4.69, 9.17) is 22.3 Å². The third kappa shape index (κ3) is 5.06. The van der Waals surface area contributed by atoms with Gasteiger partial charge < -0.3 is 21.1 Å². The number of aromatic nitrogens is 4. The summed E-state index contributed by atoms with van der Waals surface area (Å²) >= 11 is 5.80. The third-order valence-electron chi connectivity index (χ3n) is 7.63. The number of aliphatic hydroxyl groups is 1. The van der Waals surface area contributed by atoms with E-state index >= 15 is 0 Å². The van der Waals surface area contributed by atoms with Gasteiger partial charge in [0.1, 0.15) is 11.2 Å². The van der Waals surface area contributed by atoms with Gasteiger partial charge in [-0.2, -0.15) is 4.98 Å². The van der Waals surface area contributed by atoms with Crippen LogP contribution in [-0.4, -0.2) is 49.7 Å². The molecule has 198 valence electrons. The van der Waals surface area contributed by atoms with Gasteiger partial charge >= 0.3 is 0 Å². The van der Waals surface area contributed by atoms with Crippen molar-refractivity contribution < 1.29 is 18.7 Å². The zero-order valence-corrected chi connectivity index (χ0v) is 21.3. The molecule has 5 rings (SSSR count). The maximum absolute atomic E-state index is 14.6. The van der Waals surface area contributed by atoms with E-state index in [9.17, 15) is 18.7 Å². The molecule has 4 N–H and O–H groups in total. The minimum Gasteiger partial charge on any atom is -0.391 e. The van der Waals surface area contributed by atoms with Crippen molar-refractivity contribution in [3.8, 4) is 0 Å². The van der Waals surface area contributed by atoms with E-state index in [1.807, 2.05) is 16.5 Å². The zero-order chi connectivity index (χ0) is 26.3. The number of nitrogens with zero attached hydrogens (tertiary/aromatic N) is 5. The molecule has 1 amide bonds. The number of aliphatic hydroxyl groups excluding tert-OH is 1. The predicted molar refractivity (Wildman–Crippen MR) is 137 cm³/mol. The number of nitrogens with one attached hydrogen (secondary N) is 1. The highest BCUT2D eigenvalue weighted by Crippen LogP contribution is 2.38. The van der Waals surface area contributed by atoms with E-state index in [0.717, 1.165) is 37.8 Å². The number of carbonyl (C=O) groups is 1. The van der Waals surface area contributed by atoms with Gasteiger partial charge in [-0.3, -0.25) is 9.36 Å². The largest absolute Gasteiger partial charge is 0.391 e. The van der Waals surface area contributed by atoms with Gasteiger partial charge in [0, 0.05) is 24.0 Å². The quantitative estimate of drug-likeness (QED) is 0.427. The number of rotatable bonds is 6. The van der Waals surface area contributed by atoms with Crippen molar-refractivity contribution in [2.75, 3.05) is 17.3 Å². The maximum atomic E-state index is 14.6. The smallest absolute Gasteiger partial charge is 0.227 e. The minimum atomic E-state index is -0.848. The van der Waals surface area contributed by atoms with Crippen molar-refractivity contribution in [2.24, 2.45) is 11.7 Å². The molecule has 1 aromatic carbocycles. The van der Waals surface area contributed by atoms with Crippen LogP contribution in [0.5, 0.6) is 0 Å². The van der Waals surface area contributed by atoms with Crippen LogP contribution in [0.3, 0.4) is 0 Å². The summed E-state index contributed by atoms with van der Waals surface area (Å²) in [6.07, 6.45) is 7.09. The number of primary amides is 1. The van der Waals surface area contributed by atoms with Crippen LogP contribution in [0.1, 0.15) is 57.4 Å². The van der Waals surface area contributed by atoms with E-state index < -0.39 is 17.7 Å². The lowest BCUT2D eigenvalue weighted by Gasteiger charge is -2.35. The average molecular weight is 534 g/mol. The molecule has 3 aromatic rings. The van der Waals surface area contributed by atoms with Crippen molar-refractivity contribution in [3.05, 3.63) is 35.0 Å². The van der Waals surface area contributed by atoms with Crippen molar-refractivity contribution in [3.63, 3.8) is 0 Å². The predicted octanol–water partition coefficient (Wildman–Crippen LogP) is 4.46. The number of hydrogen-bond donors (Lipinski definition) is 3. The zero-order valence-electron chi connectivity index (χ0n) is 20.5. The minimum absolute atomic E-state index is 0.0535. The van der Waals surface area contributed by atoms with Crippen LogP contribution < -0.4 is 16.0 Å². The Balaban J connectivity index is 1.56. The molecule has 2 aliphatic carbocycles. The second kappa shape index (κ2) is 10.4. The molecule has 12 heteroatoms. The van der Waals surface area contributed by atoms with Crippen LogP contribution in [-0.2, 0) is 4.79 Å². The lowest BCUT2D eigenvalue weighted by molar-refractivity contribution is -0.122. The molecular formula is C25H30ClF2N7O2. The van der Waals surface area contributed by atoms with Crippen LogP contribution in [0.4, 0.5) is 26.4 Å². The van der Waals surface area contributed by atoms with Crippen LogP contribution in [0, 0.1) is 17.6 Å². The molecule has 2 atom stereocenters. The van der Waals surface area contributed by atoms with Crippen LogP contribution in [0.2, 0.25) is 5.02 Å². The lowest BCUT2D eigenvalue weighted by atomic mass is 9.85. The summed E-state index contributed by atoms with van der Waals surface area (Å²) in [6, 6.07) is 1.82. The Morgan fingerprint density at radius 1 is 1.14 bits per heavy atom. The molecule has 2 fully saturated rings. The number of halogens is 3. The fourth-order valence-electron chi connectivity index (χ4n) is 5.57. The molecule has 2 heterocycles. The van der Waals surface area contributed by atoms with Crippen LogP contribution >= 0.6 is 11.6 Å². The SMILES string of the molecule is CN(c1ncc2nc(Nc3c(F)cc(Cl)cc3F)n(C3CCC(C(N)=O)CC3)c2n1)[C@H]1CCCC[C@H]1O. The Morgan fingerprint density at radius 2 is 1.81 bits per heavy atom. The summed E-state index contributed by atoms with van der Waals surface area (Å²) < 4.78 is 31.1. The number of hydrogen-bond acceptors (Lipinski definition) is 7. The Kier molecular flexibility index (Phi) is 7.17. The molecule has 0 unspecified atom stereocenters. The Labute approximate surface area is 218 Å². The molecule has 0 aliphatic heterocycles. The third-order valence-corrected chi connectivity index (χ3v) is 7.85. The van der Waals surface area contributed by atoms with E-state index in [1.54, 1.807) is 6.20 Å². The summed E-state index contributed by atoms with van der Waals surface area (Å²) in [5.41, 5.74) is 6.11. The molecule has 0 radical (unpaired) electrons. The fourth-order valence-corrected chi connectivity index (χ4v) is 5.76. The summed E-state index contributed by atoms with van der Waals surface area (Å²) in [6.45, 7) is 0. The first-order valence-electron chi connectivity index (χ1n) is 12.6. The number of carbonyl (C=O) groups excluding carboxylic acids is 1. The van der Waals surface area contributed by atoms with E-state index in [-0.39, 0.29) is 40.6 Å². The standard InChI is InChI=1S/C25H30ClF2N7O2/c1-34(19-4-2-3-5-20(19)36)24-30-12-18-23(33-24)35(15-8-6-13(7-9-15)22(29)37)25(31-18)32-21-16(27)10-14(26)11-17(21)28/h10-13,15,19-20,36H,2-9H2,1H3,(H2,29,37)(H,31,32)/t13?,15?,19-,20+/m0/s1. The lowest BCUT2D eigenvalue weighted by Crippen LogP contribution is -2.44. The monoisotopic (exact) mass is 533 g/mol. The summed E-state index contributed by atoms with van der Waals surface area (Å²) in [4.78, 5) is 27.5. The van der Waals surface area contributed by atoms with Gasteiger partial charge in [0.15, 0.2) is 17.3 Å². The molecule has 0 bridgehead atoms. The van der Waals surface area contributed by atoms with Gasteiger partial charge in [-0.15, -0.1) is 0 Å². The molecule has 37 heavy (non-hydrogen) atoms. The fraction of sp³-hybridized carbons (Fsp3) is 0.520. The Bertz CT molecular complexity index is 1290. The highest BCUT2D eigenvalue weighted by molar-refractivity contribution is 6.30. The van der Waals surface area contributed by atoms with Crippen molar-refractivity contribution >= 4 is 46.3 Å². The first-order chi connectivity index (χ1) is 17.7. The first-order valence-corrected chi connectivity index (χ1v) is 13.0. The van der Waals surface area contributed by atoms with E-state index in [0.29, 0.717) is 42.8 Å². The molecule has 0 saturated heterocycles. The molecule has 9 nitrogen and oxygen atoms in total. The second-order valence-electron chi connectivity index (χ2n) is 9.99. The maximum Gasteiger partial charge on any atom is 0.227 e. The van der Waals surface area contributed by atoms with E-state index in [1.165, 1.54) is 0 Å². The average Bonchev–Trinajstić information content (AvgIpc) is 3.23. The van der Waals surface area contributed by atoms with Crippen molar-refractivity contribution in [1.82, 2.24) is 19.5 Å². The summed E-state index contributed by atoms with van der Waals surface area (Å²) in [5, 5.41) is 13.3. The normalized spacial score (nSPS) is 24.2. The molecule has 0 spiro atoms. The topological polar surface area (TPSA) is 122 Å². The number of anilines is 3. The molecule has 2 aromatic heterocycles. The second-order valence-corrected chi connectivity index (χ2v) is 10.4. The van der Waals surface area contributed by atoms with E-state index in [2.05, 4.69) is 15.3 Å². The van der Waals surface area contributed by atoms with Gasteiger partial charge in [0.25, 0.3) is 0 Å². The number of likely N-dealkylation sites (N-methyl/N-ethyl adjacent to an activating group) is 1. The number of imidazole rings is 1. The highest BCUT2D eigenvalue weighted by atomic mass is 35.5. The number of amides is 1.